The third-order valence-electron chi connectivity index (χ3n) is 0.971. The van der Waals surface area contributed by atoms with Gasteiger partial charge in [0.05, 0.1) is 12.3 Å². The van der Waals surface area contributed by atoms with Crippen molar-refractivity contribution in [1.82, 2.24) is 15.4 Å². The van der Waals surface area contributed by atoms with Gasteiger partial charge < -0.3 is 5.11 Å². The first kappa shape index (κ1) is 5.24. The molecule has 0 amide bonds. The molecule has 0 aliphatic heterocycles. The molecule has 0 aliphatic rings. The number of nitrogens with one attached hydrogen (secondary N) is 1. The summed E-state index contributed by atoms with van der Waals surface area (Å²) in [6.07, 6.45) is 0. The molecule has 1 heterocycles. The van der Waals surface area contributed by atoms with Gasteiger partial charge in [0.25, 0.3) is 0 Å². The molecule has 4 nitrogen and oxygen atoms in total. The van der Waals surface area contributed by atoms with E-state index in [1.54, 1.807) is 0 Å². The highest BCUT2D eigenvalue weighted by Gasteiger charge is 1.96. The molecule has 0 fully saturated rings. The lowest BCUT2D eigenvalue weighted by Gasteiger charge is -1.83. The predicted molar refractivity (Wildman–Crippen MR) is 27.0 cm³/mol. The molecule has 0 aliphatic carbocycles. The number of hydrogen-bond acceptors (Lipinski definition) is 3. The van der Waals surface area contributed by atoms with Crippen LogP contribution in [0.2, 0.25) is 0 Å². The molecular weight excluding hydrogens is 106 g/mol. The molecule has 0 unspecified atom stereocenters. The van der Waals surface area contributed by atoms with Crippen molar-refractivity contribution in [2.24, 2.45) is 0 Å². The summed E-state index contributed by atoms with van der Waals surface area (Å²) in [4.78, 5) is 0. The van der Waals surface area contributed by atoms with Gasteiger partial charge >= 0.3 is 0 Å². The van der Waals surface area contributed by atoms with Crippen LogP contribution in [-0.2, 0) is 6.61 Å². The second-order valence-electron chi connectivity index (χ2n) is 1.54. The van der Waals surface area contributed by atoms with Crippen molar-refractivity contribution < 1.29 is 5.11 Å². The lowest BCUT2D eigenvalue weighted by molar-refractivity contribution is 0.276. The van der Waals surface area contributed by atoms with Crippen molar-refractivity contribution in [2.75, 3.05) is 0 Å². The van der Waals surface area contributed by atoms with Crippen LogP contribution >= 0.6 is 0 Å². The molecular formula is C4H7N3O. The summed E-state index contributed by atoms with van der Waals surface area (Å²) in [6, 6.07) is 0. The highest BCUT2D eigenvalue weighted by molar-refractivity contribution is 5.03. The van der Waals surface area contributed by atoms with Gasteiger partial charge in [-0.25, -0.2) is 0 Å². The Kier molecular flexibility index (Phi) is 1.26. The Morgan fingerprint density at radius 3 is 2.75 bits per heavy atom. The Balaban J connectivity index is 2.92. The molecule has 1 rings (SSSR count). The minimum absolute atomic E-state index is 0.0394. The van der Waals surface area contributed by atoms with Crippen molar-refractivity contribution in [1.29, 1.82) is 0 Å². The maximum absolute atomic E-state index is 8.48. The van der Waals surface area contributed by atoms with Crippen LogP contribution in [0.5, 0.6) is 0 Å². The van der Waals surface area contributed by atoms with Gasteiger partial charge in [0.15, 0.2) is 0 Å². The van der Waals surface area contributed by atoms with E-state index >= 15 is 0 Å². The molecule has 8 heavy (non-hydrogen) atoms. The van der Waals surface area contributed by atoms with Crippen LogP contribution in [0.3, 0.4) is 0 Å². The maximum atomic E-state index is 8.48. The first-order chi connectivity index (χ1) is 3.84. The zero-order chi connectivity index (χ0) is 5.98. The van der Waals surface area contributed by atoms with Crippen molar-refractivity contribution in [2.45, 2.75) is 13.5 Å². The molecule has 0 spiro atoms. The molecule has 0 bridgehead atoms. The monoisotopic (exact) mass is 113 g/mol. The average Bonchev–Trinajstić information content (AvgIpc) is 2.14. The van der Waals surface area contributed by atoms with Crippen molar-refractivity contribution >= 4 is 0 Å². The van der Waals surface area contributed by atoms with Gasteiger partial charge in [-0.3, -0.25) is 5.10 Å². The number of aromatic amines is 1. The third kappa shape index (κ3) is 0.696. The van der Waals surface area contributed by atoms with E-state index in [9.17, 15) is 0 Å². The fourth-order valence-electron chi connectivity index (χ4n) is 0.450. The number of nitrogens with zero attached hydrogens (tertiary/aromatic N) is 2. The molecule has 0 saturated carbocycles. The van der Waals surface area contributed by atoms with E-state index in [1.807, 2.05) is 6.92 Å². The highest BCUT2D eigenvalue weighted by Crippen LogP contribution is 1.95. The van der Waals surface area contributed by atoms with Gasteiger partial charge in [-0.1, -0.05) is 5.21 Å². The van der Waals surface area contributed by atoms with Crippen molar-refractivity contribution in [3.63, 3.8) is 0 Å². The number of rotatable bonds is 1. The summed E-state index contributed by atoms with van der Waals surface area (Å²) in [5.74, 6) is 0. The molecule has 2 N–H and O–H groups in total. The number of H-pyrrole nitrogens is 1. The summed E-state index contributed by atoms with van der Waals surface area (Å²) in [5.41, 5.74) is 1.44. The molecule has 0 saturated heterocycles. The standard InChI is InChI=1S/C4H7N3O/c1-3-4(2-8)6-7-5-3/h8H,2H2,1H3,(H,5,6,7). The lowest BCUT2D eigenvalue weighted by atomic mass is 10.4. The molecule has 1 aromatic heterocycles. The van der Waals surface area contributed by atoms with Crippen LogP contribution in [0.25, 0.3) is 0 Å². The van der Waals surface area contributed by atoms with E-state index in [2.05, 4.69) is 15.4 Å². The summed E-state index contributed by atoms with van der Waals surface area (Å²) in [6.45, 7) is 1.77. The van der Waals surface area contributed by atoms with Crippen molar-refractivity contribution in [3.05, 3.63) is 11.4 Å². The number of aliphatic hydroxyl groups excluding tert-OH is 1. The van der Waals surface area contributed by atoms with E-state index < -0.39 is 0 Å². The van der Waals surface area contributed by atoms with E-state index in [0.717, 1.165) is 5.69 Å². The third-order valence-corrected chi connectivity index (χ3v) is 0.971. The molecule has 44 valence electrons. The van der Waals surface area contributed by atoms with Gasteiger partial charge in [-0.2, -0.15) is 0 Å². The molecule has 1 aromatic rings. The normalized spacial score (nSPS) is 9.75. The first-order valence-corrected chi connectivity index (χ1v) is 2.32. The second kappa shape index (κ2) is 1.92. The maximum Gasteiger partial charge on any atom is 0.111 e. The van der Waals surface area contributed by atoms with E-state index in [4.69, 9.17) is 5.11 Å². The highest BCUT2D eigenvalue weighted by atomic mass is 16.3. The summed E-state index contributed by atoms with van der Waals surface area (Å²) in [7, 11) is 0. The summed E-state index contributed by atoms with van der Waals surface area (Å²) >= 11 is 0. The van der Waals surface area contributed by atoms with Crippen molar-refractivity contribution in [3.8, 4) is 0 Å². The van der Waals surface area contributed by atoms with Gasteiger partial charge in [0, 0.05) is 0 Å². The van der Waals surface area contributed by atoms with Crippen LogP contribution < -0.4 is 0 Å². The van der Waals surface area contributed by atoms with Crippen LogP contribution in [-0.4, -0.2) is 20.5 Å². The minimum atomic E-state index is -0.0394. The quantitative estimate of drug-likeness (QED) is 0.521. The lowest BCUT2D eigenvalue weighted by Crippen LogP contribution is -1.84. The van der Waals surface area contributed by atoms with Crippen LogP contribution in [0.1, 0.15) is 11.4 Å². The fourth-order valence-corrected chi connectivity index (χ4v) is 0.450. The van der Waals surface area contributed by atoms with E-state index in [1.165, 1.54) is 0 Å². The Bertz CT molecular complexity index is 172. The number of aryl methyl sites for hydroxylation is 1. The Morgan fingerprint density at radius 2 is 2.50 bits per heavy atom. The molecule has 0 aromatic carbocycles. The number of aliphatic hydroxyl groups is 1. The Hall–Kier alpha value is -0.900. The largest absolute Gasteiger partial charge is 0.390 e. The zero-order valence-corrected chi connectivity index (χ0v) is 4.55. The molecule has 4 heteroatoms. The Morgan fingerprint density at radius 1 is 1.75 bits per heavy atom. The second-order valence-corrected chi connectivity index (χ2v) is 1.54. The number of aromatic nitrogens is 3. The van der Waals surface area contributed by atoms with Crippen LogP contribution in [0.15, 0.2) is 0 Å². The van der Waals surface area contributed by atoms with Gasteiger partial charge in [0.2, 0.25) is 0 Å². The van der Waals surface area contributed by atoms with Crippen LogP contribution in [0, 0.1) is 6.92 Å². The van der Waals surface area contributed by atoms with E-state index in [0.29, 0.717) is 5.69 Å². The molecule has 0 atom stereocenters. The molecule has 0 radical (unpaired) electrons. The minimum Gasteiger partial charge on any atom is -0.390 e. The first-order valence-electron chi connectivity index (χ1n) is 2.32. The van der Waals surface area contributed by atoms with Gasteiger partial charge in [-0.05, 0) is 6.92 Å². The van der Waals surface area contributed by atoms with Crippen LogP contribution in [0.4, 0.5) is 0 Å². The topological polar surface area (TPSA) is 61.8 Å². The van der Waals surface area contributed by atoms with Gasteiger partial charge in [0.1, 0.15) is 5.69 Å². The summed E-state index contributed by atoms with van der Waals surface area (Å²) in [5, 5.41) is 18.1. The Labute approximate surface area is 46.5 Å². The smallest absolute Gasteiger partial charge is 0.111 e. The fraction of sp³-hybridized carbons (Fsp3) is 0.500. The average molecular weight is 113 g/mol. The van der Waals surface area contributed by atoms with E-state index in [-0.39, 0.29) is 6.61 Å². The SMILES string of the molecule is Cc1[nH]nnc1CO. The zero-order valence-electron chi connectivity index (χ0n) is 4.55. The predicted octanol–water partition coefficient (Wildman–Crippen LogP) is -0.395. The van der Waals surface area contributed by atoms with Gasteiger partial charge in [-0.15, -0.1) is 5.10 Å². The summed E-state index contributed by atoms with van der Waals surface area (Å²) < 4.78 is 0. The number of hydrogen-bond donors (Lipinski definition) is 2.